The molecule has 1 saturated carbocycles. The Kier molecular flexibility index (Phi) is 2.92. The molecule has 0 aliphatic heterocycles. The zero-order chi connectivity index (χ0) is 15.4. The number of carbonyl (C=O) groups is 1. The summed E-state index contributed by atoms with van der Waals surface area (Å²) in [6.07, 6.45) is 1.86. The molecule has 0 spiro atoms. The Balaban J connectivity index is 1.89. The molecule has 0 radical (unpaired) electrons. The lowest BCUT2D eigenvalue weighted by molar-refractivity contribution is -0.0663. The lowest BCUT2D eigenvalue weighted by Gasteiger charge is -2.62. The molecule has 1 aliphatic rings. The molecule has 2 aromatic rings. The van der Waals surface area contributed by atoms with Crippen molar-refractivity contribution in [1.82, 2.24) is 10.3 Å². The van der Waals surface area contributed by atoms with Crippen LogP contribution in [-0.4, -0.2) is 23.0 Å². The van der Waals surface area contributed by atoms with Crippen LogP contribution >= 0.6 is 0 Å². The lowest BCUT2D eigenvalue weighted by Crippen LogP contribution is -2.76. The van der Waals surface area contributed by atoms with Gasteiger partial charge in [-0.05, 0) is 18.2 Å². The Hall–Kier alpha value is -1.81. The average molecular weight is 285 g/mol. The second-order valence-electron chi connectivity index (χ2n) is 7.27. The molecule has 1 aromatic heterocycles. The number of carbonyl (C=O) groups excluding carboxylic acids is 1. The standard InChI is InChI=1S/C17H23N3O/c1-16(2)14(18)17(3,4)15(16)20-13(21)11-6-5-7-12-10(11)8-9-19-12/h5-9,14-15,19H,18H2,1-4H3,(H,20,21). The molecule has 1 aliphatic carbocycles. The van der Waals surface area contributed by atoms with Crippen molar-refractivity contribution in [2.45, 2.75) is 39.8 Å². The quantitative estimate of drug-likeness (QED) is 0.794. The molecule has 112 valence electrons. The monoisotopic (exact) mass is 285 g/mol. The fraction of sp³-hybridized carbons (Fsp3) is 0.471. The number of rotatable bonds is 2. The minimum Gasteiger partial charge on any atom is -0.361 e. The molecule has 1 heterocycles. The van der Waals surface area contributed by atoms with Crippen LogP contribution in [0.3, 0.4) is 0 Å². The van der Waals surface area contributed by atoms with Gasteiger partial charge < -0.3 is 16.0 Å². The van der Waals surface area contributed by atoms with Gasteiger partial charge in [-0.1, -0.05) is 33.8 Å². The molecule has 4 heteroatoms. The number of benzene rings is 1. The van der Waals surface area contributed by atoms with E-state index in [0.29, 0.717) is 5.56 Å². The predicted octanol–water partition coefficient (Wildman–Crippen LogP) is 2.66. The summed E-state index contributed by atoms with van der Waals surface area (Å²) in [6, 6.07) is 7.83. The van der Waals surface area contributed by atoms with Gasteiger partial charge in [0.05, 0.1) is 0 Å². The van der Waals surface area contributed by atoms with Crippen molar-refractivity contribution in [3.63, 3.8) is 0 Å². The first-order valence-electron chi connectivity index (χ1n) is 7.39. The Morgan fingerprint density at radius 2 is 1.86 bits per heavy atom. The summed E-state index contributed by atoms with van der Waals surface area (Å²) in [6.45, 7) is 8.46. The Bertz CT molecular complexity index is 683. The molecule has 0 unspecified atom stereocenters. The third-order valence-corrected chi connectivity index (χ3v) is 5.21. The highest BCUT2D eigenvalue weighted by Crippen LogP contribution is 2.52. The predicted molar refractivity (Wildman–Crippen MR) is 85.1 cm³/mol. The molecule has 4 N–H and O–H groups in total. The SMILES string of the molecule is CC1(C)C(N)C(C)(C)C1NC(=O)c1cccc2[nH]ccc12. The fourth-order valence-electron chi connectivity index (χ4n) is 4.04. The number of nitrogens with one attached hydrogen (secondary N) is 2. The summed E-state index contributed by atoms with van der Waals surface area (Å²) in [5.41, 5.74) is 7.76. The summed E-state index contributed by atoms with van der Waals surface area (Å²) in [4.78, 5) is 15.8. The van der Waals surface area contributed by atoms with Gasteiger partial charge in [0, 0.05) is 45.6 Å². The molecular formula is C17H23N3O. The van der Waals surface area contributed by atoms with E-state index >= 15 is 0 Å². The van der Waals surface area contributed by atoms with Gasteiger partial charge in [-0.3, -0.25) is 4.79 Å². The van der Waals surface area contributed by atoms with Crippen LogP contribution in [-0.2, 0) is 0 Å². The van der Waals surface area contributed by atoms with Crippen molar-refractivity contribution in [2.24, 2.45) is 16.6 Å². The lowest BCUT2D eigenvalue weighted by atomic mass is 9.48. The molecule has 1 aromatic carbocycles. The molecule has 1 fully saturated rings. The summed E-state index contributed by atoms with van der Waals surface area (Å²) < 4.78 is 0. The van der Waals surface area contributed by atoms with E-state index in [2.05, 4.69) is 38.0 Å². The fourth-order valence-corrected chi connectivity index (χ4v) is 4.04. The maximum absolute atomic E-state index is 12.7. The number of amides is 1. The average Bonchev–Trinajstić information content (AvgIpc) is 2.91. The van der Waals surface area contributed by atoms with Crippen molar-refractivity contribution in [3.8, 4) is 0 Å². The summed E-state index contributed by atoms with van der Waals surface area (Å²) >= 11 is 0. The van der Waals surface area contributed by atoms with E-state index < -0.39 is 0 Å². The highest BCUT2D eigenvalue weighted by Gasteiger charge is 2.60. The van der Waals surface area contributed by atoms with Gasteiger partial charge in [-0.2, -0.15) is 0 Å². The normalized spacial score (nSPS) is 26.3. The first-order valence-corrected chi connectivity index (χ1v) is 7.39. The first kappa shape index (κ1) is 14.1. The molecule has 0 saturated heterocycles. The first-order chi connectivity index (χ1) is 9.76. The molecule has 3 rings (SSSR count). The summed E-state index contributed by atoms with van der Waals surface area (Å²) in [5.74, 6) is -0.0294. The van der Waals surface area contributed by atoms with E-state index in [1.165, 1.54) is 0 Å². The van der Waals surface area contributed by atoms with Crippen LogP contribution in [0.1, 0.15) is 38.1 Å². The van der Waals surface area contributed by atoms with Gasteiger partial charge in [0.25, 0.3) is 5.91 Å². The van der Waals surface area contributed by atoms with E-state index in [-0.39, 0.29) is 28.8 Å². The number of nitrogens with two attached hydrogens (primary N) is 1. The third kappa shape index (κ3) is 1.89. The molecule has 1 amide bonds. The van der Waals surface area contributed by atoms with E-state index in [1.807, 2.05) is 30.5 Å². The van der Waals surface area contributed by atoms with Crippen LogP contribution in [0.5, 0.6) is 0 Å². The topological polar surface area (TPSA) is 70.9 Å². The zero-order valence-corrected chi connectivity index (χ0v) is 13.0. The molecule has 0 atom stereocenters. The molecule has 21 heavy (non-hydrogen) atoms. The highest BCUT2D eigenvalue weighted by molar-refractivity contribution is 6.06. The van der Waals surface area contributed by atoms with Crippen LogP contribution in [0.2, 0.25) is 0 Å². The zero-order valence-electron chi connectivity index (χ0n) is 13.0. The number of hydrogen-bond donors (Lipinski definition) is 3. The van der Waals surface area contributed by atoms with Crippen molar-refractivity contribution in [2.75, 3.05) is 0 Å². The second-order valence-corrected chi connectivity index (χ2v) is 7.27. The molecular weight excluding hydrogens is 262 g/mol. The smallest absolute Gasteiger partial charge is 0.252 e. The van der Waals surface area contributed by atoms with Crippen molar-refractivity contribution in [1.29, 1.82) is 0 Å². The van der Waals surface area contributed by atoms with E-state index in [1.54, 1.807) is 0 Å². The van der Waals surface area contributed by atoms with Crippen molar-refractivity contribution in [3.05, 3.63) is 36.0 Å². The van der Waals surface area contributed by atoms with Gasteiger partial charge in [-0.15, -0.1) is 0 Å². The van der Waals surface area contributed by atoms with Crippen molar-refractivity contribution < 1.29 is 4.79 Å². The van der Waals surface area contributed by atoms with E-state index in [9.17, 15) is 4.79 Å². The van der Waals surface area contributed by atoms with E-state index in [4.69, 9.17) is 5.73 Å². The molecule has 4 nitrogen and oxygen atoms in total. The Labute approximate surface area is 125 Å². The van der Waals surface area contributed by atoms with Crippen molar-refractivity contribution >= 4 is 16.8 Å². The Morgan fingerprint density at radius 1 is 1.19 bits per heavy atom. The number of hydrogen-bond acceptors (Lipinski definition) is 2. The van der Waals surface area contributed by atoms with E-state index in [0.717, 1.165) is 10.9 Å². The maximum atomic E-state index is 12.7. The van der Waals surface area contributed by atoms with Crippen LogP contribution in [0.15, 0.2) is 30.5 Å². The van der Waals surface area contributed by atoms with Crippen LogP contribution < -0.4 is 11.1 Å². The van der Waals surface area contributed by atoms with Gasteiger partial charge in [-0.25, -0.2) is 0 Å². The number of aromatic nitrogens is 1. The highest BCUT2D eigenvalue weighted by atomic mass is 16.1. The number of H-pyrrole nitrogens is 1. The number of aromatic amines is 1. The number of fused-ring (bicyclic) bond motifs is 1. The Morgan fingerprint density at radius 3 is 2.52 bits per heavy atom. The largest absolute Gasteiger partial charge is 0.361 e. The molecule has 0 bridgehead atoms. The maximum Gasteiger partial charge on any atom is 0.252 e. The summed E-state index contributed by atoms with van der Waals surface area (Å²) in [5, 5.41) is 4.15. The summed E-state index contributed by atoms with van der Waals surface area (Å²) in [7, 11) is 0. The van der Waals surface area contributed by atoms with Gasteiger partial charge in [0.1, 0.15) is 0 Å². The van der Waals surface area contributed by atoms with Crippen LogP contribution in [0.25, 0.3) is 10.9 Å². The second kappa shape index (κ2) is 4.34. The van der Waals surface area contributed by atoms with Crippen LogP contribution in [0.4, 0.5) is 0 Å². The third-order valence-electron chi connectivity index (χ3n) is 5.21. The van der Waals surface area contributed by atoms with Gasteiger partial charge >= 0.3 is 0 Å². The minimum absolute atomic E-state index is 0.0294. The van der Waals surface area contributed by atoms with Crippen LogP contribution in [0, 0.1) is 10.8 Å². The van der Waals surface area contributed by atoms with Gasteiger partial charge in [0.15, 0.2) is 0 Å². The van der Waals surface area contributed by atoms with Gasteiger partial charge in [0.2, 0.25) is 0 Å². The minimum atomic E-state index is -0.0921.